The van der Waals surface area contributed by atoms with Gasteiger partial charge in [0.1, 0.15) is 0 Å². The number of hydrogen-bond acceptors (Lipinski definition) is 3. The van der Waals surface area contributed by atoms with Crippen LogP contribution in [-0.4, -0.2) is 41.0 Å². The van der Waals surface area contributed by atoms with Crippen molar-refractivity contribution >= 4 is 11.9 Å². The number of likely N-dealkylation sites (tertiary alicyclic amines) is 1. The van der Waals surface area contributed by atoms with E-state index >= 15 is 0 Å². The fourth-order valence-electron chi connectivity index (χ4n) is 2.06. The molecule has 0 aromatic heterocycles. The van der Waals surface area contributed by atoms with Crippen LogP contribution in [0.4, 0.5) is 0 Å². The van der Waals surface area contributed by atoms with E-state index in [-0.39, 0.29) is 18.4 Å². The first-order valence-corrected chi connectivity index (χ1v) is 5.33. The number of carboxylic acids is 1. The van der Waals surface area contributed by atoms with Crippen LogP contribution in [0.2, 0.25) is 0 Å². The lowest BCUT2D eigenvalue weighted by molar-refractivity contribution is -0.137. The lowest BCUT2D eigenvalue weighted by Crippen LogP contribution is -2.42. The van der Waals surface area contributed by atoms with Crippen LogP contribution < -0.4 is 5.73 Å². The predicted octanol–water partition coefficient (Wildman–Crippen LogP) is 0.191. The summed E-state index contributed by atoms with van der Waals surface area (Å²) in [7, 11) is 0. The second kappa shape index (κ2) is 5.70. The quantitative estimate of drug-likeness (QED) is 0.684. The van der Waals surface area contributed by atoms with Gasteiger partial charge in [0.05, 0.1) is 6.42 Å². The van der Waals surface area contributed by atoms with Gasteiger partial charge in [-0.15, -0.1) is 0 Å². The Morgan fingerprint density at radius 2 is 2.13 bits per heavy atom. The third-order valence-electron chi connectivity index (χ3n) is 2.80. The SMILES string of the molecule is NC(=O)C[C@@H]1CCCCN1CCC(=O)O. The van der Waals surface area contributed by atoms with Gasteiger partial charge in [0.2, 0.25) is 5.91 Å². The van der Waals surface area contributed by atoms with Crippen molar-refractivity contribution in [2.24, 2.45) is 5.73 Å². The minimum absolute atomic E-state index is 0.134. The van der Waals surface area contributed by atoms with Gasteiger partial charge in [0, 0.05) is 19.0 Å². The Bertz CT molecular complexity index is 243. The molecule has 5 heteroatoms. The van der Waals surface area contributed by atoms with E-state index in [1.165, 1.54) is 0 Å². The largest absolute Gasteiger partial charge is 0.481 e. The molecule has 1 aliphatic rings. The molecule has 1 heterocycles. The van der Waals surface area contributed by atoms with Gasteiger partial charge in [0.15, 0.2) is 0 Å². The summed E-state index contributed by atoms with van der Waals surface area (Å²) in [4.78, 5) is 23.4. The van der Waals surface area contributed by atoms with Gasteiger partial charge in [-0.3, -0.25) is 14.5 Å². The van der Waals surface area contributed by atoms with E-state index in [0.29, 0.717) is 13.0 Å². The Balaban J connectivity index is 2.42. The highest BCUT2D eigenvalue weighted by Crippen LogP contribution is 2.19. The van der Waals surface area contributed by atoms with E-state index in [2.05, 4.69) is 4.90 Å². The Kier molecular flexibility index (Phi) is 4.55. The second-order valence-corrected chi connectivity index (χ2v) is 4.00. The Labute approximate surface area is 89.2 Å². The molecule has 1 saturated heterocycles. The molecule has 0 spiro atoms. The fourth-order valence-corrected chi connectivity index (χ4v) is 2.06. The van der Waals surface area contributed by atoms with Crippen molar-refractivity contribution in [2.75, 3.05) is 13.1 Å². The predicted molar refractivity (Wildman–Crippen MR) is 55.3 cm³/mol. The number of hydrogen-bond donors (Lipinski definition) is 2. The Morgan fingerprint density at radius 3 is 2.73 bits per heavy atom. The normalized spacial score (nSPS) is 22.5. The summed E-state index contributed by atoms with van der Waals surface area (Å²) in [6.07, 6.45) is 3.60. The molecule has 0 aromatic carbocycles. The van der Waals surface area contributed by atoms with Gasteiger partial charge < -0.3 is 10.8 Å². The highest BCUT2D eigenvalue weighted by atomic mass is 16.4. The third-order valence-corrected chi connectivity index (χ3v) is 2.80. The van der Waals surface area contributed by atoms with Crippen LogP contribution in [0.1, 0.15) is 32.1 Å². The van der Waals surface area contributed by atoms with Gasteiger partial charge in [-0.25, -0.2) is 0 Å². The van der Waals surface area contributed by atoms with E-state index in [9.17, 15) is 9.59 Å². The zero-order chi connectivity index (χ0) is 11.3. The number of nitrogens with two attached hydrogens (primary N) is 1. The molecule has 86 valence electrons. The number of carboxylic acid groups (broad SMARTS) is 1. The van der Waals surface area contributed by atoms with Crippen LogP contribution in [0.25, 0.3) is 0 Å². The Morgan fingerprint density at radius 1 is 1.40 bits per heavy atom. The van der Waals surface area contributed by atoms with Crippen LogP contribution in [-0.2, 0) is 9.59 Å². The van der Waals surface area contributed by atoms with Crippen molar-refractivity contribution in [3.8, 4) is 0 Å². The van der Waals surface area contributed by atoms with Crippen LogP contribution in [0.5, 0.6) is 0 Å². The summed E-state index contributed by atoms with van der Waals surface area (Å²) in [5, 5.41) is 8.59. The van der Waals surface area contributed by atoms with Crippen LogP contribution in [0, 0.1) is 0 Å². The van der Waals surface area contributed by atoms with E-state index in [1.807, 2.05) is 0 Å². The first-order chi connectivity index (χ1) is 7.09. The zero-order valence-corrected chi connectivity index (χ0v) is 8.82. The van der Waals surface area contributed by atoms with Crippen molar-refractivity contribution in [1.82, 2.24) is 4.90 Å². The standard InChI is InChI=1S/C10H18N2O3/c11-9(13)7-8-3-1-2-5-12(8)6-4-10(14)15/h8H,1-7H2,(H2,11,13)(H,14,15)/t8-/m0/s1. The van der Waals surface area contributed by atoms with Gasteiger partial charge in [-0.2, -0.15) is 0 Å². The lowest BCUT2D eigenvalue weighted by Gasteiger charge is -2.34. The molecule has 0 bridgehead atoms. The van der Waals surface area contributed by atoms with Gasteiger partial charge in [0.25, 0.3) is 0 Å². The molecule has 1 atom stereocenters. The molecule has 0 saturated carbocycles. The van der Waals surface area contributed by atoms with E-state index in [0.717, 1.165) is 25.8 Å². The number of carbonyl (C=O) groups is 2. The third kappa shape index (κ3) is 4.29. The summed E-state index contributed by atoms with van der Waals surface area (Å²) in [5.41, 5.74) is 5.16. The number of piperidine rings is 1. The van der Waals surface area contributed by atoms with Crippen LogP contribution in [0.3, 0.4) is 0 Å². The summed E-state index contributed by atoms with van der Waals surface area (Å²) < 4.78 is 0. The van der Waals surface area contributed by atoms with Crippen molar-refractivity contribution in [3.05, 3.63) is 0 Å². The summed E-state index contributed by atoms with van der Waals surface area (Å²) in [6.45, 7) is 1.40. The number of rotatable bonds is 5. The molecule has 15 heavy (non-hydrogen) atoms. The number of amides is 1. The van der Waals surface area contributed by atoms with E-state index in [4.69, 9.17) is 10.8 Å². The number of nitrogens with zero attached hydrogens (tertiary/aromatic N) is 1. The number of primary amides is 1. The zero-order valence-electron chi connectivity index (χ0n) is 8.82. The molecule has 1 fully saturated rings. The molecule has 0 unspecified atom stereocenters. The molecule has 1 amide bonds. The first-order valence-electron chi connectivity index (χ1n) is 5.33. The molecule has 0 radical (unpaired) electrons. The van der Waals surface area contributed by atoms with Crippen LogP contribution in [0.15, 0.2) is 0 Å². The smallest absolute Gasteiger partial charge is 0.304 e. The minimum atomic E-state index is -0.793. The number of carbonyl (C=O) groups excluding carboxylic acids is 1. The monoisotopic (exact) mass is 214 g/mol. The van der Waals surface area contributed by atoms with Gasteiger partial charge >= 0.3 is 5.97 Å². The Hall–Kier alpha value is -1.10. The molecule has 5 nitrogen and oxygen atoms in total. The summed E-state index contributed by atoms with van der Waals surface area (Å²) in [5.74, 6) is -1.10. The molecule has 3 N–H and O–H groups in total. The maximum absolute atomic E-state index is 10.8. The molecule has 1 aliphatic heterocycles. The fraction of sp³-hybridized carbons (Fsp3) is 0.800. The summed E-state index contributed by atoms with van der Waals surface area (Å²) >= 11 is 0. The van der Waals surface area contributed by atoms with Crippen LogP contribution >= 0.6 is 0 Å². The highest BCUT2D eigenvalue weighted by molar-refractivity contribution is 5.74. The minimum Gasteiger partial charge on any atom is -0.481 e. The van der Waals surface area contributed by atoms with Gasteiger partial charge in [-0.1, -0.05) is 6.42 Å². The van der Waals surface area contributed by atoms with Crippen molar-refractivity contribution in [3.63, 3.8) is 0 Å². The van der Waals surface area contributed by atoms with Gasteiger partial charge in [-0.05, 0) is 19.4 Å². The molecule has 0 aromatic rings. The van der Waals surface area contributed by atoms with Crippen molar-refractivity contribution < 1.29 is 14.7 Å². The van der Waals surface area contributed by atoms with E-state index < -0.39 is 5.97 Å². The van der Waals surface area contributed by atoms with E-state index in [1.54, 1.807) is 0 Å². The molecule has 0 aliphatic carbocycles. The summed E-state index contributed by atoms with van der Waals surface area (Å²) in [6, 6.07) is 0.149. The molecular weight excluding hydrogens is 196 g/mol. The maximum atomic E-state index is 10.8. The lowest BCUT2D eigenvalue weighted by atomic mass is 9.99. The number of aliphatic carboxylic acids is 1. The topological polar surface area (TPSA) is 83.6 Å². The molecular formula is C10H18N2O3. The maximum Gasteiger partial charge on any atom is 0.304 e. The molecule has 1 rings (SSSR count). The average Bonchev–Trinajstić information content (AvgIpc) is 2.15. The van der Waals surface area contributed by atoms with Crippen molar-refractivity contribution in [2.45, 2.75) is 38.1 Å². The highest BCUT2D eigenvalue weighted by Gasteiger charge is 2.23. The van der Waals surface area contributed by atoms with Crippen molar-refractivity contribution in [1.29, 1.82) is 0 Å². The average molecular weight is 214 g/mol. The second-order valence-electron chi connectivity index (χ2n) is 4.00. The first kappa shape index (κ1) is 12.0.